The second-order valence-electron chi connectivity index (χ2n) is 2.50. The van der Waals surface area contributed by atoms with Crippen LogP contribution in [0.1, 0.15) is 26.7 Å². The predicted octanol–water partition coefficient (Wildman–Crippen LogP) is 1.84. The molecule has 2 atom stereocenters. The highest BCUT2D eigenvalue weighted by Crippen LogP contribution is 2.07. The number of hydrogen-bond acceptors (Lipinski definition) is 2. The van der Waals surface area contributed by atoms with Gasteiger partial charge in [0.15, 0.2) is 0 Å². The second-order valence-corrected chi connectivity index (χ2v) is 2.50. The normalized spacial score (nSPS) is 16.8. The monoisotopic (exact) mass is 146 g/mol. The molecule has 0 fully saturated rings. The molecule has 0 aromatic rings. The Morgan fingerprint density at radius 1 is 1.20 bits per heavy atom. The highest BCUT2D eigenvalue weighted by molar-refractivity contribution is 4.63. The van der Waals surface area contributed by atoms with Gasteiger partial charge in [0.1, 0.15) is 0 Å². The van der Waals surface area contributed by atoms with Crippen molar-refractivity contribution < 1.29 is 9.47 Å². The van der Waals surface area contributed by atoms with Crippen molar-refractivity contribution >= 4 is 0 Å². The molecule has 0 aliphatic rings. The number of methoxy groups -OCH3 is 2. The quantitative estimate of drug-likeness (QED) is 0.589. The van der Waals surface area contributed by atoms with Gasteiger partial charge in [-0.1, -0.05) is 13.3 Å². The SMILES string of the molecule is CCCC(OC)C(C)OC. The first-order chi connectivity index (χ1) is 4.76. The summed E-state index contributed by atoms with van der Waals surface area (Å²) in [4.78, 5) is 0. The van der Waals surface area contributed by atoms with Gasteiger partial charge in [0.05, 0.1) is 12.2 Å². The molecule has 0 saturated heterocycles. The molecular formula is C8H18O2. The van der Waals surface area contributed by atoms with Crippen molar-refractivity contribution in [2.45, 2.75) is 38.9 Å². The van der Waals surface area contributed by atoms with Crippen molar-refractivity contribution in [3.05, 3.63) is 0 Å². The molecule has 0 heterocycles. The Kier molecular flexibility index (Phi) is 5.64. The molecule has 2 unspecified atom stereocenters. The molecule has 0 spiro atoms. The van der Waals surface area contributed by atoms with Crippen LogP contribution in [0.15, 0.2) is 0 Å². The van der Waals surface area contributed by atoms with Gasteiger partial charge in [-0.3, -0.25) is 0 Å². The van der Waals surface area contributed by atoms with E-state index >= 15 is 0 Å². The van der Waals surface area contributed by atoms with Crippen LogP contribution in [-0.2, 0) is 9.47 Å². The molecule has 0 rings (SSSR count). The molecule has 62 valence electrons. The van der Waals surface area contributed by atoms with E-state index in [2.05, 4.69) is 6.92 Å². The van der Waals surface area contributed by atoms with Crippen LogP contribution in [0.4, 0.5) is 0 Å². The molecule has 0 aromatic carbocycles. The molecule has 2 nitrogen and oxygen atoms in total. The third-order valence-corrected chi connectivity index (χ3v) is 1.77. The van der Waals surface area contributed by atoms with Gasteiger partial charge in [0, 0.05) is 14.2 Å². The highest BCUT2D eigenvalue weighted by Gasteiger charge is 2.13. The molecule has 0 aliphatic heterocycles. The molecule has 0 aliphatic carbocycles. The molecule has 0 amide bonds. The lowest BCUT2D eigenvalue weighted by Gasteiger charge is -2.20. The van der Waals surface area contributed by atoms with Gasteiger partial charge in [0.2, 0.25) is 0 Å². The topological polar surface area (TPSA) is 18.5 Å². The van der Waals surface area contributed by atoms with E-state index in [-0.39, 0.29) is 12.2 Å². The lowest BCUT2D eigenvalue weighted by atomic mass is 10.1. The first-order valence-electron chi connectivity index (χ1n) is 3.81. The van der Waals surface area contributed by atoms with Gasteiger partial charge < -0.3 is 9.47 Å². The smallest absolute Gasteiger partial charge is 0.0829 e. The maximum absolute atomic E-state index is 5.22. The van der Waals surface area contributed by atoms with Gasteiger partial charge >= 0.3 is 0 Å². The van der Waals surface area contributed by atoms with Crippen LogP contribution in [-0.4, -0.2) is 26.4 Å². The summed E-state index contributed by atoms with van der Waals surface area (Å²) >= 11 is 0. The standard InChI is InChI=1S/C8H18O2/c1-5-6-8(10-4)7(2)9-3/h7-8H,5-6H2,1-4H3. The zero-order chi connectivity index (χ0) is 7.98. The van der Waals surface area contributed by atoms with Crippen molar-refractivity contribution in [2.24, 2.45) is 0 Å². The zero-order valence-corrected chi connectivity index (χ0v) is 7.39. The average molecular weight is 146 g/mol. The van der Waals surface area contributed by atoms with Crippen LogP contribution in [0.25, 0.3) is 0 Å². The number of hydrogen-bond donors (Lipinski definition) is 0. The Morgan fingerprint density at radius 2 is 1.80 bits per heavy atom. The van der Waals surface area contributed by atoms with Crippen molar-refractivity contribution in [3.63, 3.8) is 0 Å². The highest BCUT2D eigenvalue weighted by atomic mass is 16.5. The summed E-state index contributed by atoms with van der Waals surface area (Å²) in [7, 11) is 3.45. The van der Waals surface area contributed by atoms with E-state index in [4.69, 9.17) is 9.47 Å². The fourth-order valence-corrected chi connectivity index (χ4v) is 0.980. The van der Waals surface area contributed by atoms with Crippen LogP contribution in [0.3, 0.4) is 0 Å². The first kappa shape index (κ1) is 9.92. The van der Waals surface area contributed by atoms with Gasteiger partial charge in [-0.2, -0.15) is 0 Å². The summed E-state index contributed by atoms with van der Waals surface area (Å²) in [6.07, 6.45) is 2.69. The Morgan fingerprint density at radius 3 is 2.10 bits per heavy atom. The summed E-state index contributed by atoms with van der Waals surface area (Å²) in [6, 6.07) is 0. The van der Waals surface area contributed by atoms with Gasteiger partial charge in [0.25, 0.3) is 0 Å². The Labute approximate surface area is 63.5 Å². The number of rotatable bonds is 5. The summed E-state index contributed by atoms with van der Waals surface area (Å²) in [5, 5.41) is 0. The van der Waals surface area contributed by atoms with E-state index in [0.717, 1.165) is 12.8 Å². The minimum Gasteiger partial charge on any atom is -0.379 e. The fourth-order valence-electron chi connectivity index (χ4n) is 0.980. The van der Waals surface area contributed by atoms with Crippen molar-refractivity contribution in [3.8, 4) is 0 Å². The van der Waals surface area contributed by atoms with E-state index in [0.29, 0.717) is 0 Å². The van der Waals surface area contributed by atoms with Crippen LogP contribution >= 0.6 is 0 Å². The Hall–Kier alpha value is -0.0800. The number of ether oxygens (including phenoxy) is 2. The molecular weight excluding hydrogens is 128 g/mol. The Balaban J connectivity index is 3.56. The van der Waals surface area contributed by atoms with E-state index in [1.165, 1.54) is 0 Å². The molecule has 2 heteroatoms. The van der Waals surface area contributed by atoms with E-state index in [1.807, 2.05) is 6.92 Å². The van der Waals surface area contributed by atoms with Crippen LogP contribution in [0, 0.1) is 0 Å². The van der Waals surface area contributed by atoms with E-state index in [9.17, 15) is 0 Å². The minimum absolute atomic E-state index is 0.213. The second kappa shape index (κ2) is 5.69. The molecule has 0 bridgehead atoms. The van der Waals surface area contributed by atoms with Gasteiger partial charge in [-0.15, -0.1) is 0 Å². The van der Waals surface area contributed by atoms with E-state index < -0.39 is 0 Å². The van der Waals surface area contributed by atoms with Crippen molar-refractivity contribution in [1.82, 2.24) is 0 Å². The maximum atomic E-state index is 5.22. The van der Waals surface area contributed by atoms with Crippen LogP contribution in [0.2, 0.25) is 0 Å². The summed E-state index contributed by atoms with van der Waals surface area (Å²) in [5.74, 6) is 0. The molecule has 0 saturated carbocycles. The largest absolute Gasteiger partial charge is 0.379 e. The van der Waals surface area contributed by atoms with E-state index in [1.54, 1.807) is 14.2 Å². The third-order valence-electron chi connectivity index (χ3n) is 1.77. The van der Waals surface area contributed by atoms with Gasteiger partial charge in [-0.05, 0) is 13.3 Å². The zero-order valence-electron chi connectivity index (χ0n) is 7.39. The van der Waals surface area contributed by atoms with Crippen LogP contribution in [0.5, 0.6) is 0 Å². The lowest BCUT2D eigenvalue weighted by Crippen LogP contribution is -2.26. The lowest BCUT2D eigenvalue weighted by molar-refractivity contribution is -0.0300. The molecule has 10 heavy (non-hydrogen) atoms. The van der Waals surface area contributed by atoms with Gasteiger partial charge in [-0.25, -0.2) is 0 Å². The summed E-state index contributed by atoms with van der Waals surface area (Å²) in [6.45, 7) is 4.18. The van der Waals surface area contributed by atoms with Crippen molar-refractivity contribution in [1.29, 1.82) is 0 Å². The Bertz CT molecular complexity index is 73.7. The molecule has 0 aromatic heterocycles. The fraction of sp³-hybridized carbons (Fsp3) is 1.00. The molecule has 0 radical (unpaired) electrons. The van der Waals surface area contributed by atoms with Crippen LogP contribution < -0.4 is 0 Å². The summed E-state index contributed by atoms with van der Waals surface area (Å²) < 4.78 is 10.3. The summed E-state index contributed by atoms with van der Waals surface area (Å²) in [5.41, 5.74) is 0. The maximum Gasteiger partial charge on any atom is 0.0829 e. The average Bonchev–Trinajstić information content (AvgIpc) is 1.99. The predicted molar refractivity (Wildman–Crippen MR) is 42.2 cm³/mol. The molecule has 0 N–H and O–H groups in total. The minimum atomic E-state index is 0.213. The van der Waals surface area contributed by atoms with Crippen molar-refractivity contribution in [2.75, 3.05) is 14.2 Å². The first-order valence-corrected chi connectivity index (χ1v) is 3.81. The third kappa shape index (κ3) is 3.18.